The first-order valence-corrected chi connectivity index (χ1v) is 8.36. The number of nitrogens with one attached hydrogen (secondary N) is 1. The van der Waals surface area contributed by atoms with Crippen molar-refractivity contribution in [3.63, 3.8) is 0 Å². The maximum Gasteiger partial charge on any atom is 0.226 e. The molecule has 2 aromatic rings. The SMILES string of the molecule is CCSc1nc(CC(=O)NCc2ccc(Cl)nc2)cs1. The van der Waals surface area contributed by atoms with Crippen LogP contribution in [0.15, 0.2) is 28.0 Å². The molecule has 0 radical (unpaired) electrons. The van der Waals surface area contributed by atoms with Gasteiger partial charge in [0, 0.05) is 18.1 Å². The number of pyridine rings is 1. The van der Waals surface area contributed by atoms with Gasteiger partial charge in [-0.3, -0.25) is 4.79 Å². The topological polar surface area (TPSA) is 54.9 Å². The Kier molecular flexibility index (Phi) is 5.82. The molecule has 0 aromatic carbocycles. The first-order chi connectivity index (χ1) is 9.67. The molecule has 2 aromatic heterocycles. The fourth-order valence-corrected chi connectivity index (χ4v) is 3.35. The number of carbonyl (C=O) groups excluding carboxylic acids is 1. The van der Waals surface area contributed by atoms with E-state index >= 15 is 0 Å². The van der Waals surface area contributed by atoms with Crippen molar-refractivity contribution in [3.05, 3.63) is 40.1 Å². The molecular formula is C13H14ClN3OS2. The number of aromatic nitrogens is 2. The zero-order valence-corrected chi connectivity index (χ0v) is 13.3. The molecule has 2 rings (SSSR count). The van der Waals surface area contributed by atoms with E-state index in [0.717, 1.165) is 21.3 Å². The second kappa shape index (κ2) is 7.61. The summed E-state index contributed by atoms with van der Waals surface area (Å²) < 4.78 is 1.01. The van der Waals surface area contributed by atoms with Gasteiger partial charge in [-0.05, 0) is 17.4 Å². The number of amides is 1. The van der Waals surface area contributed by atoms with Gasteiger partial charge in [0.15, 0.2) is 0 Å². The van der Waals surface area contributed by atoms with Crippen molar-refractivity contribution in [1.82, 2.24) is 15.3 Å². The molecule has 20 heavy (non-hydrogen) atoms. The van der Waals surface area contributed by atoms with Gasteiger partial charge in [0.25, 0.3) is 0 Å². The van der Waals surface area contributed by atoms with Gasteiger partial charge >= 0.3 is 0 Å². The summed E-state index contributed by atoms with van der Waals surface area (Å²) in [6.45, 7) is 2.53. The van der Waals surface area contributed by atoms with Gasteiger partial charge in [-0.1, -0.05) is 36.4 Å². The normalized spacial score (nSPS) is 10.5. The number of thioether (sulfide) groups is 1. The van der Waals surface area contributed by atoms with Gasteiger partial charge < -0.3 is 5.32 Å². The molecule has 7 heteroatoms. The number of hydrogen-bond donors (Lipinski definition) is 1. The molecule has 0 unspecified atom stereocenters. The second-order valence-electron chi connectivity index (χ2n) is 3.98. The van der Waals surface area contributed by atoms with E-state index in [0.29, 0.717) is 18.1 Å². The molecular weight excluding hydrogens is 314 g/mol. The molecule has 106 valence electrons. The summed E-state index contributed by atoms with van der Waals surface area (Å²) in [4.78, 5) is 20.2. The summed E-state index contributed by atoms with van der Waals surface area (Å²) in [5.74, 6) is 0.946. The van der Waals surface area contributed by atoms with Crippen molar-refractivity contribution in [1.29, 1.82) is 0 Å². The minimum Gasteiger partial charge on any atom is -0.352 e. The predicted molar refractivity (Wildman–Crippen MR) is 83.3 cm³/mol. The molecule has 0 atom stereocenters. The standard InChI is InChI=1S/C13H14ClN3OS2/c1-2-19-13-17-10(8-20-13)5-12(18)16-7-9-3-4-11(14)15-6-9/h3-4,6,8H,2,5,7H2,1H3,(H,16,18). The maximum atomic E-state index is 11.8. The van der Waals surface area contributed by atoms with Crippen LogP contribution in [0, 0.1) is 0 Å². The quantitative estimate of drug-likeness (QED) is 0.654. The molecule has 0 bridgehead atoms. The van der Waals surface area contributed by atoms with Gasteiger partial charge in [0.1, 0.15) is 9.49 Å². The second-order valence-corrected chi connectivity index (χ2v) is 6.74. The van der Waals surface area contributed by atoms with E-state index in [1.54, 1.807) is 35.4 Å². The van der Waals surface area contributed by atoms with Crippen LogP contribution in [0.25, 0.3) is 0 Å². The van der Waals surface area contributed by atoms with Crippen molar-refractivity contribution < 1.29 is 4.79 Å². The van der Waals surface area contributed by atoms with Crippen LogP contribution in [0.2, 0.25) is 5.15 Å². The van der Waals surface area contributed by atoms with Gasteiger partial charge in [-0.15, -0.1) is 11.3 Å². The van der Waals surface area contributed by atoms with Gasteiger partial charge in [0.2, 0.25) is 5.91 Å². The van der Waals surface area contributed by atoms with Crippen LogP contribution in [-0.4, -0.2) is 21.6 Å². The number of hydrogen-bond acceptors (Lipinski definition) is 5. The molecule has 4 nitrogen and oxygen atoms in total. The summed E-state index contributed by atoms with van der Waals surface area (Å²) in [7, 11) is 0. The summed E-state index contributed by atoms with van der Waals surface area (Å²) in [5, 5.41) is 5.22. The molecule has 0 aliphatic heterocycles. The highest BCUT2D eigenvalue weighted by Crippen LogP contribution is 2.22. The molecule has 1 amide bonds. The molecule has 0 fully saturated rings. The summed E-state index contributed by atoms with van der Waals surface area (Å²) >= 11 is 8.97. The average Bonchev–Trinajstić information content (AvgIpc) is 2.86. The smallest absolute Gasteiger partial charge is 0.226 e. The highest BCUT2D eigenvalue weighted by Gasteiger charge is 2.07. The number of nitrogens with zero attached hydrogens (tertiary/aromatic N) is 2. The highest BCUT2D eigenvalue weighted by atomic mass is 35.5. The van der Waals surface area contributed by atoms with Crippen LogP contribution >= 0.6 is 34.7 Å². The van der Waals surface area contributed by atoms with Crippen molar-refractivity contribution in [2.24, 2.45) is 0 Å². The summed E-state index contributed by atoms with van der Waals surface area (Å²) in [5.41, 5.74) is 1.74. The predicted octanol–water partition coefficient (Wildman–Crippen LogP) is 3.16. The minimum atomic E-state index is -0.0432. The Hall–Kier alpha value is -1.11. The fraction of sp³-hybridized carbons (Fsp3) is 0.308. The molecule has 0 saturated carbocycles. The number of thiazole rings is 1. The minimum absolute atomic E-state index is 0.0432. The summed E-state index contributed by atoms with van der Waals surface area (Å²) in [6.07, 6.45) is 1.96. The zero-order chi connectivity index (χ0) is 14.4. The Morgan fingerprint density at radius 1 is 1.50 bits per heavy atom. The lowest BCUT2D eigenvalue weighted by Gasteiger charge is -2.03. The van der Waals surface area contributed by atoms with E-state index in [9.17, 15) is 4.79 Å². The Labute approximate surface area is 131 Å². The Morgan fingerprint density at radius 3 is 3.05 bits per heavy atom. The highest BCUT2D eigenvalue weighted by molar-refractivity contribution is 8.00. The molecule has 1 N–H and O–H groups in total. The molecule has 0 saturated heterocycles. The third-order valence-corrected chi connectivity index (χ3v) is 4.59. The van der Waals surface area contributed by atoms with Crippen LogP contribution < -0.4 is 5.32 Å². The van der Waals surface area contributed by atoms with Crippen LogP contribution in [0.4, 0.5) is 0 Å². The van der Waals surface area contributed by atoms with Gasteiger partial charge in [-0.25, -0.2) is 9.97 Å². The molecule has 0 aliphatic rings. The van der Waals surface area contributed by atoms with Crippen LogP contribution in [0.1, 0.15) is 18.2 Å². The van der Waals surface area contributed by atoms with Gasteiger partial charge in [-0.2, -0.15) is 0 Å². The van der Waals surface area contributed by atoms with Crippen molar-refractivity contribution >= 4 is 40.6 Å². The maximum absolute atomic E-state index is 11.8. The van der Waals surface area contributed by atoms with E-state index in [1.165, 1.54) is 0 Å². The van der Waals surface area contributed by atoms with Crippen molar-refractivity contribution in [2.75, 3.05) is 5.75 Å². The van der Waals surface area contributed by atoms with E-state index in [4.69, 9.17) is 11.6 Å². The van der Waals surface area contributed by atoms with Crippen LogP contribution in [-0.2, 0) is 17.8 Å². The first-order valence-electron chi connectivity index (χ1n) is 6.11. The van der Waals surface area contributed by atoms with Gasteiger partial charge in [0.05, 0.1) is 12.1 Å². The van der Waals surface area contributed by atoms with Crippen LogP contribution in [0.5, 0.6) is 0 Å². The largest absolute Gasteiger partial charge is 0.352 e. The number of rotatable bonds is 6. The van der Waals surface area contributed by atoms with E-state index in [-0.39, 0.29) is 5.91 Å². The van der Waals surface area contributed by atoms with Crippen molar-refractivity contribution in [3.8, 4) is 0 Å². The molecule has 2 heterocycles. The van der Waals surface area contributed by atoms with E-state index in [1.807, 2.05) is 11.4 Å². The van der Waals surface area contributed by atoms with Crippen molar-refractivity contribution in [2.45, 2.75) is 24.2 Å². The fourth-order valence-electron chi connectivity index (χ4n) is 1.50. The zero-order valence-electron chi connectivity index (χ0n) is 10.9. The molecule has 0 aliphatic carbocycles. The molecule has 0 spiro atoms. The first kappa shape index (κ1) is 15.3. The van der Waals surface area contributed by atoms with E-state index in [2.05, 4.69) is 22.2 Å². The lowest BCUT2D eigenvalue weighted by atomic mass is 10.2. The number of carbonyl (C=O) groups is 1. The Morgan fingerprint density at radius 2 is 2.35 bits per heavy atom. The monoisotopic (exact) mass is 327 g/mol. The Balaban J connectivity index is 1.81. The summed E-state index contributed by atoms with van der Waals surface area (Å²) in [6, 6.07) is 3.55. The van der Waals surface area contributed by atoms with E-state index < -0.39 is 0 Å². The average molecular weight is 328 g/mol. The lowest BCUT2D eigenvalue weighted by Crippen LogP contribution is -2.24. The third-order valence-electron chi connectivity index (χ3n) is 2.42. The lowest BCUT2D eigenvalue weighted by molar-refractivity contribution is -0.120. The Bertz CT molecular complexity index is 571. The van der Waals surface area contributed by atoms with Crippen LogP contribution in [0.3, 0.4) is 0 Å². The third kappa shape index (κ3) is 4.77. The number of halogens is 1.